The monoisotopic (exact) mass is 630 g/mol. The van der Waals surface area contributed by atoms with Crippen molar-refractivity contribution in [1.29, 1.82) is 0 Å². The number of nitrogens with one attached hydrogen (secondary N) is 1. The number of carbonyl (C=O) groups is 1. The lowest BCUT2D eigenvalue weighted by atomic mass is 10.0. The Hall–Kier alpha value is -4.77. The average Bonchev–Trinajstić information content (AvgIpc) is 3.66. The molecule has 0 aliphatic carbocycles. The quantitative estimate of drug-likeness (QED) is 0.219. The minimum Gasteiger partial charge on any atom is -0.322 e. The summed E-state index contributed by atoms with van der Waals surface area (Å²) >= 11 is 18.3. The van der Waals surface area contributed by atoms with E-state index in [1.54, 1.807) is 41.2 Å². The highest BCUT2D eigenvalue weighted by molar-refractivity contribution is 6.31. The Bertz CT molecular complexity index is 1970. The third-order valence-electron chi connectivity index (χ3n) is 6.63. The van der Waals surface area contributed by atoms with Crippen molar-refractivity contribution in [2.75, 3.05) is 5.32 Å². The number of halogens is 3. The molecule has 0 saturated heterocycles. The van der Waals surface area contributed by atoms with Gasteiger partial charge in [0, 0.05) is 28.1 Å². The van der Waals surface area contributed by atoms with Gasteiger partial charge in [0.05, 0.1) is 47.7 Å². The van der Waals surface area contributed by atoms with Gasteiger partial charge in [0.2, 0.25) is 5.91 Å². The van der Waals surface area contributed by atoms with Crippen molar-refractivity contribution >= 4 is 46.4 Å². The van der Waals surface area contributed by atoms with E-state index in [0.29, 0.717) is 32.7 Å². The molecule has 0 aliphatic rings. The number of rotatable bonds is 8. The van der Waals surface area contributed by atoms with Crippen LogP contribution in [-0.4, -0.2) is 40.2 Å². The number of aromatic nitrogens is 7. The molecule has 0 fully saturated rings. The molecule has 3 aromatic carbocycles. The molecule has 13 heteroatoms. The Kier molecular flexibility index (Phi) is 8.06. The first kappa shape index (κ1) is 28.4. The van der Waals surface area contributed by atoms with E-state index in [4.69, 9.17) is 34.8 Å². The SMILES string of the molecule is O=C(Nc1cnn(-c2ccc(Cl)cc2)c1)[C@H](Cc1ccccc1)n1cnc(-c2cc(Cl)ccc2-n2cc(Cl)nn2)cc1=O. The summed E-state index contributed by atoms with van der Waals surface area (Å²) in [6.45, 7) is 0. The molecule has 0 unspecified atom stereocenters. The van der Waals surface area contributed by atoms with Gasteiger partial charge in [-0.25, -0.2) is 14.3 Å². The van der Waals surface area contributed by atoms with E-state index < -0.39 is 17.5 Å². The topological polar surface area (TPSA) is 113 Å². The van der Waals surface area contributed by atoms with Crippen molar-refractivity contribution in [3.63, 3.8) is 0 Å². The van der Waals surface area contributed by atoms with Crippen LogP contribution in [0.4, 0.5) is 5.69 Å². The number of benzene rings is 3. The van der Waals surface area contributed by atoms with E-state index in [1.807, 2.05) is 42.5 Å². The van der Waals surface area contributed by atoms with Crippen LogP contribution < -0.4 is 10.9 Å². The van der Waals surface area contributed by atoms with Crippen molar-refractivity contribution < 1.29 is 4.79 Å². The van der Waals surface area contributed by atoms with Gasteiger partial charge in [0.1, 0.15) is 6.04 Å². The van der Waals surface area contributed by atoms with Crippen molar-refractivity contribution in [2.24, 2.45) is 0 Å². The maximum atomic E-state index is 13.7. The van der Waals surface area contributed by atoms with Crippen molar-refractivity contribution in [3.8, 4) is 22.6 Å². The smallest absolute Gasteiger partial charge is 0.254 e. The lowest BCUT2D eigenvalue weighted by Crippen LogP contribution is -2.34. The van der Waals surface area contributed by atoms with Crippen molar-refractivity contribution in [1.82, 2.24) is 34.3 Å². The van der Waals surface area contributed by atoms with E-state index in [9.17, 15) is 9.59 Å². The van der Waals surface area contributed by atoms with Crippen LogP contribution in [0.3, 0.4) is 0 Å². The second-order valence-electron chi connectivity index (χ2n) is 9.51. The highest BCUT2D eigenvalue weighted by atomic mass is 35.5. The first-order valence-electron chi connectivity index (χ1n) is 13.0. The predicted molar refractivity (Wildman–Crippen MR) is 165 cm³/mol. The minimum atomic E-state index is -0.914. The molecule has 0 aliphatic heterocycles. The maximum Gasteiger partial charge on any atom is 0.254 e. The Labute approximate surface area is 260 Å². The van der Waals surface area contributed by atoms with Gasteiger partial charge in [-0.3, -0.25) is 14.2 Å². The van der Waals surface area contributed by atoms with E-state index >= 15 is 0 Å². The fraction of sp³-hybridized carbons (Fsp3) is 0.0667. The minimum absolute atomic E-state index is 0.206. The van der Waals surface area contributed by atoms with Gasteiger partial charge in [-0.15, -0.1) is 5.10 Å². The summed E-state index contributed by atoms with van der Waals surface area (Å²) in [5.41, 5.74) is 3.13. The normalized spacial score (nSPS) is 11.8. The third kappa shape index (κ3) is 6.36. The molecular weight excluding hydrogens is 611 g/mol. The fourth-order valence-electron chi connectivity index (χ4n) is 4.57. The highest BCUT2D eigenvalue weighted by Gasteiger charge is 2.24. The number of anilines is 1. The lowest BCUT2D eigenvalue weighted by Gasteiger charge is -2.19. The Morgan fingerprint density at radius 2 is 1.65 bits per heavy atom. The fourth-order valence-corrected chi connectivity index (χ4v) is 4.99. The van der Waals surface area contributed by atoms with Crippen molar-refractivity contribution in [2.45, 2.75) is 12.5 Å². The van der Waals surface area contributed by atoms with Gasteiger partial charge in [0.25, 0.3) is 5.56 Å². The molecule has 0 bridgehead atoms. The molecule has 3 aromatic heterocycles. The standard InChI is InChI=1S/C30H21Cl3N8O2/c31-20-6-9-23(10-7-20)40-16-22(15-35-40)36-30(43)27(12-19-4-2-1-3-5-19)39-18-34-25(14-29(39)42)24-13-21(32)8-11-26(24)41-17-28(33)37-38-41/h1-11,13-18,27H,12H2,(H,36,43)/t27-/m0/s1. The molecule has 0 radical (unpaired) electrons. The predicted octanol–water partition coefficient (Wildman–Crippen LogP) is 6.06. The molecule has 6 aromatic rings. The number of amides is 1. The van der Waals surface area contributed by atoms with Crippen LogP contribution in [0.2, 0.25) is 15.2 Å². The largest absolute Gasteiger partial charge is 0.322 e. The van der Waals surface area contributed by atoms with Gasteiger partial charge in [-0.05, 0) is 48.0 Å². The molecule has 1 atom stereocenters. The molecule has 6 rings (SSSR count). The summed E-state index contributed by atoms with van der Waals surface area (Å²) in [4.78, 5) is 31.8. The summed E-state index contributed by atoms with van der Waals surface area (Å²) in [5, 5.41) is 16.3. The molecule has 1 amide bonds. The number of hydrogen-bond donors (Lipinski definition) is 1. The Morgan fingerprint density at radius 1 is 0.884 bits per heavy atom. The van der Waals surface area contributed by atoms with Gasteiger partial charge < -0.3 is 5.32 Å². The van der Waals surface area contributed by atoms with Crippen LogP contribution in [-0.2, 0) is 11.2 Å². The Balaban J connectivity index is 1.33. The summed E-state index contributed by atoms with van der Waals surface area (Å²) in [6, 6.07) is 22.1. The zero-order valence-corrected chi connectivity index (χ0v) is 24.4. The van der Waals surface area contributed by atoms with E-state index in [0.717, 1.165) is 11.3 Å². The first-order valence-corrected chi connectivity index (χ1v) is 14.1. The van der Waals surface area contributed by atoms with Gasteiger partial charge in [0.15, 0.2) is 5.15 Å². The van der Waals surface area contributed by atoms with Crippen LogP contribution in [0.25, 0.3) is 22.6 Å². The van der Waals surface area contributed by atoms with E-state index in [1.165, 1.54) is 34.0 Å². The van der Waals surface area contributed by atoms with Crippen LogP contribution in [0.15, 0.2) is 109 Å². The zero-order chi connectivity index (χ0) is 29.9. The Morgan fingerprint density at radius 3 is 2.37 bits per heavy atom. The van der Waals surface area contributed by atoms with Crippen LogP contribution in [0.5, 0.6) is 0 Å². The number of carbonyl (C=O) groups excluding carboxylic acids is 1. The molecule has 3 heterocycles. The second kappa shape index (κ2) is 12.2. The molecule has 1 N–H and O–H groups in total. The lowest BCUT2D eigenvalue weighted by molar-refractivity contribution is -0.119. The van der Waals surface area contributed by atoms with E-state index in [-0.39, 0.29) is 11.6 Å². The first-order chi connectivity index (χ1) is 20.8. The second-order valence-corrected chi connectivity index (χ2v) is 10.8. The van der Waals surface area contributed by atoms with Crippen molar-refractivity contribution in [3.05, 3.63) is 135 Å². The number of nitrogens with zero attached hydrogens (tertiary/aromatic N) is 7. The average molecular weight is 632 g/mol. The molecule has 0 saturated carbocycles. The zero-order valence-electron chi connectivity index (χ0n) is 22.2. The van der Waals surface area contributed by atoms with Crippen LogP contribution in [0, 0.1) is 0 Å². The molecular formula is C30H21Cl3N8O2. The van der Waals surface area contributed by atoms with E-state index in [2.05, 4.69) is 25.7 Å². The van der Waals surface area contributed by atoms with Gasteiger partial charge in [-0.1, -0.05) is 70.3 Å². The van der Waals surface area contributed by atoms with Gasteiger partial charge in [-0.2, -0.15) is 5.10 Å². The summed E-state index contributed by atoms with van der Waals surface area (Å²) < 4.78 is 4.40. The summed E-state index contributed by atoms with van der Waals surface area (Å²) in [7, 11) is 0. The third-order valence-corrected chi connectivity index (χ3v) is 7.29. The molecule has 0 spiro atoms. The molecule has 43 heavy (non-hydrogen) atoms. The molecule has 214 valence electrons. The summed E-state index contributed by atoms with van der Waals surface area (Å²) in [5.74, 6) is -0.406. The highest BCUT2D eigenvalue weighted by Crippen LogP contribution is 2.28. The number of hydrogen-bond acceptors (Lipinski definition) is 6. The summed E-state index contributed by atoms with van der Waals surface area (Å²) in [6.07, 6.45) is 6.36. The maximum absolute atomic E-state index is 13.7. The molecule has 10 nitrogen and oxygen atoms in total. The van der Waals surface area contributed by atoms with Crippen LogP contribution in [0.1, 0.15) is 11.6 Å². The van der Waals surface area contributed by atoms with Gasteiger partial charge >= 0.3 is 0 Å². The van der Waals surface area contributed by atoms with Crippen LogP contribution >= 0.6 is 34.8 Å².